The van der Waals surface area contributed by atoms with Gasteiger partial charge in [-0.05, 0) is 69.4 Å². The first kappa shape index (κ1) is 26.6. The average molecular weight is 522 g/mol. The highest BCUT2D eigenvalue weighted by Crippen LogP contribution is 2.38. The highest BCUT2D eigenvalue weighted by Gasteiger charge is 2.39. The number of esters is 1. The summed E-state index contributed by atoms with van der Waals surface area (Å²) in [7, 11) is 0. The third-order valence-electron chi connectivity index (χ3n) is 8.55. The third kappa shape index (κ3) is 5.70. The highest BCUT2D eigenvalue weighted by molar-refractivity contribution is 5.99. The van der Waals surface area contributed by atoms with Crippen LogP contribution < -0.4 is 5.32 Å². The van der Waals surface area contributed by atoms with Crippen LogP contribution in [-0.2, 0) is 28.9 Å². The Bertz CT molecular complexity index is 1160. The summed E-state index contributed by atoms with van der Waals surface area (Å²) in [5, 5.41) is 7.91. The van der Waals surface area contributed by atoms with Crippen LogP contribution in [-0.4, -0.2) is 53.8 Å². The topological polar surface area (TPSA) is 99.5 Å². The van der Waals surface area contributed by atoms with Gasteiger partial charge in [0.15, 0.2) is 5.78 Å². The lowest BCUT2D eigenvalue weighted by molar-refractivity contribution is 0.0160. The summed E-state index contributed by atoms with van der Waals surface area (Å²) in [5.74, 6) is -0.146. The van der Waals surface area contributed by atoms with Gasteiger partial charge in [-0.25, -0.2) is 4.79 Å². The Hall–Kier alpha value is -3.00. The Morgan fingerprint density at radius 2 is 1.82 bits per heavy atom. The second kappa shape index (κ2) is 11.8. The van der Waals surface area contributed by atoms with E-state index < -0.39 is 0 Å². The molecule has 2 aromatic rings. The molecule has 204 valence electrons. The number of carbonyl (C=O) groups is 3. The van der Waals surface area contributed by atoms with Crippen molar-refractivity contribution in [3.05, 3.63) is 52.3 Å². The lowest BCUT2D eigenvalue weighted by atomic mass is 9.75. The van der Waals surface area contributed by atoms with Crippen LogP contribution in [0.1, 0.15) is 101 Å². The average Bonchev–Trinajstić information content (AvgIpc) is 3.24. The SMILES string of the molecule is CCn1nc(CCCOC(=O)c2ccc(C(=O)C3CCCCC3)cc2)c2c1C(=O)NCC1(CCOCC1)C2. The molecule has 1 spiro atoms. The Morgan fingerprint density at radius 3 is 2.53 bits per heavy atom. The number of amides is 1. The zero-order valence-corrected chi connectivity index (χ0v) is 22.4. The summed E-state index contributed by atoms with van der Waals surface area (Å²) in [4.78, 5) is 38.3. The molecule has 1 saturated heterocycles. The zero-order valence-electron chi connectivity index (χ0n) is 22.4. The van der Waals surface area contributed by atoms with Gasteiger partial charge in [-0.2, -0.15) is 5.10 Å². The molecule has 3 aliphatic rings. The minimum absolute atomic E-state index is 0.00646. The van der Waals surface area contributed by atoms with Gasteiger partial charge in [0, 0.05) is 43.3 Å². The molecule has 1 amide bonds. The molecule has 1 aromatic carbocycles. The van der Waals surface area contributed by atoms with E-state index in [1.54, 1.807) is 28.9 Å². The molecule has 0 radical (unpaired) electrons. The second-order valence-corrected chi connectivity index (χ2v) is 11.1. The fraction of sp³-hybridized carbons (Fsp3) is 0.600. The third-order valence-corrected chi connectivity index (χ3v) is 8.55. The Balaban J connectivity index is 1.18. The number of benzene rings is 1. The van der Waals surface area contributed by atoms with Crippen LogP contribution in [0.25, 0.3) is 0 Å². The van der Waals surface area contributed by atoms with Gasteiger partial charge in [-0.1, -0.05) is 31.4 Å². The van der Waals surface area contributed by atoms with Crippen molar-refractivity contribution in [1.29, 1.82) is 0 Å². The van der Waals surface area contributed by atoms with Crippen molar-refractivity contribution in [3.63, 3.8) is 0 Å². The van der Waals surface area contributed by atoms with Gasteiger partial charge in [-0.3, -0.25) is 14.3 Å². The van der Waals surface area contributed by atoms with E-state index in [1.807, 2.05) is 6.92 Å². The summed E-state index contributed by atoms with van der Waals surface area (Å²) in [6.07, 6.45) is 9.28. The van der Waals surface area contributed by atoms with E-state index in [0.29, 0.717) is 56.0 Å². The van der Waals surface area contributed by atoms with Crippen LogP contribution in [0.2, 0.25) is 0 Å². The number of fused-ring (bicyclic) bond motifs is 1. The molecule has 38 heavy (non-hydrogen) atoms. The molecule has 3 heterocycles. The summed E-state index contributed by atoms with van der Waals surface area (Å²) < 4.78 is 12.9. The molecule has 2 fully saturated rings. The molecule has 0 atom stereocenters. The number of aromatic nitrogens is 2. The lowest BCUT2D eigenvalue weighted by Crippen LogP contribution is -2.40. The summed E-state index contributed by atoms with van der Waals surface area (Å²) in [5.41, 5.74) is 3.76. The normalized spacial score (nSPS) is 19.4. The van der Waals surface area contributed by atoms with Crippen LogP contribution >= 0.6 is 0 Å². The van der Waals surface area contributed by atoms with Crippen LogP contribution in [0.4, 0.5) is 0 Å². The minimum atomic E-state index is -0.389. The zero-order chi connectivity index (χ0) is 26.5. The van der Waals surface area contributed by atoms with E-state index in [1.165, 1.54) is 6.42 Å². The maximum absolute atomic E-state index is 13.0. The maximum Gasteiger partial charge on any atom is 0.338 e. The van der Waals surface area contributed by atoms with E-state index in [-0.39, 0.29) is 35.6 Å². The van der Waals surface area contributed by atoms with Crippen LogP contribution in [0.3, 0.4) is 0 Å². The van der Waals surface area contributed by atoms with Crippen LogP contribution in [0.15, 0.2) is 24.3 Å². The molecule has 0 unspecified atom stereocenters. The van der Waals surface area contributed by atoms with E-state index in [0.717, 1.165) is 56.2 Å². The highest BCUT2D eigenvalue weighted by atomic mass is 16.5. The molecular weight excluding hydrogens is 482 g/mol. The number of ether oxygens (including phenoxy) is 2. The van der Waals surface area contributed by atoms with E-state index >= 15 is 0 Å². The number of hydrogen-bond acceptors (Lipinski definition) is 6. The molecule has 1 aromatic heterocycles. The molecule has 1 saturated carbocycles. The smallest absolute Gasteiger partial charge is 0.338 e. The predicted molar refractivity (Wildman–Crippen MR) is 142 cm³/mol. The number of rotatable bonds is 8. The van der Waals surface area contributed by atoms with Gasteiger partial charge in [0.2, 0.25) is 0 Å². The van der Waals surface area contributed by atoms with Crippen molar-refractivity contribution in [2.45, 2.75) is 77.7 Å². The number of nitrogens with zero attached hydrogens (tertiary/aromatic N) is 2. The molecular formula is C30H39N3O5. The standard InChI is InChI=1S/C30H39N3O5/c1-2-33-26-24(19-30(20-31-28(26)35)14-17-37-18-15-30)25(32-33)9-6-16-38-29(36)23-12-10-22(11-13-23)27(34)21-7-4-3-5-8-21/h10-13,21H,2-9,14-20H2,1H3,(H,31,35). The first-order valence-electron chi connectivity index (χ1n) is 14.3. The van der Waals surface area contributed by atoms with Crippen molar-refractivity contribution in [2.24, 2.45) is 11.3 Å². The van der Waals surface area contributed by atoms with Crippen LogP contribution in [0, 0.1) is 11.3 Å². The number of hydrogen-bond donors (Lipinski definition) is 1. The largest absolute Gasteiger partial charge is 0.462 e. The summed E-state index contributed by atoms with van der Waals surface area (Å²) in [6, 6.07) is 6.87. The minimum Gasteiger partial charge on any atom is -0.462 e. The number of aryl methyl sites for hydroxylation is 2. The Morgan fingerprint density at radius 1 is 1.11 bits per heavy atom. The molecule has 1 aliphatic carbocycles. The fourth-order valence-corrected chi connectivity index (χ4v) is 6.22. The van der Waals surface area contributed by atoms with Gasteiger partial charge in [0.1, 0.15) is 5.69 Å². The number of nitrogens with one attached hydrogen (secondary N) is 1. The van der Waals surface area contributed by atoms with Crippen molar-refractivity contribution < 1.29 is 23.9 Å². The van der Waals surface area contributed by atoms with Gasteiger partial charge in [0.05, 0.1) is 17.9 Å². The van der Waals surface area contributed by atoms with Gasteiger partial charge < -0.3 is 14.8 Å². The molecule has 8 nitrogen and oxygen atoms in total. The predicted octanol–water partition coefficient (Wildman–Crippen LogP) is 4.54. The van der Waals surface area contributed by atoms with Crippen molar-refractivity contribution >= 4 is 17.7 Å². The number of ketones is 1. The van der Waals surface area contributed by atoms with E-state index in [2.05, 4.69) is 5.32 Å². The van der Waals surface area contributed by atoms with E-state index in [4.69, 9.17) is 14.6 Å². The quantitative estimate of drug-likeness (QED) is 0.311. The second-order valence-electron chi connectivity index (χ2n) is 11.1. The Kier molecular flexibility index (Phi) is 8.27. The van der Waals surface area contributed by atoms with Gasteiger partial charge in [0.25, 0.3) is 5.91 Å². The van der Waals surface area contributed by atoms with Gasteiger partial charge in [-0.15, -0.1) is 0 Å². The first-order chi connectivity index (χ1) is 18.5. The summed E-state index contributed by atoms with van der Waals surface area (Å²) >= 11 is 0. The van der Waals surface area contributed by atoms with Crippen molar-refractivity contribution in [2.75, 3.05) is 26.4 Å². The first-order valence-corrected chi connectivity index (χ1v) is 14.3. The number of carbonyl (C=O) groups excluding carboxylic acids is 3. The van der Waals surface area contributed by atoms with Crippen molar-refractivity contribution in [1.82, 2.24) is 15.1 Å². The molecule has 8 heteroatoms. The molecule has 0 bridgehead atoms. The van der Waals surface area contributed by atoms with Gasteiger partial charge >= 0.3 is 5.97 Å². The molecule has 2 aliphatic heterocycles. The van der Waals surface area contributed by atoms with Crippen molar-refractivity contribution in [3.8, 4) is 0 Å². The van der Waals surface area contributed by atoms with Crippen LogP contribution in [0.5, 0.6) is 0 Å². The molecule has 5 rings (SSSR count). The Labute approximate surface area is 224 Å². The molecule has 1 N–H and O–H groups in total. The number of Topliss-reactive ketones (excluding diaryl/α,β-unsaturated/α-hetero) is 1. The maximum atomic E-state index is 13.0. The summed E-state index contributed by atoms with van der Waals surface area (Å²) in [6.45, 7) is 4.98. The van der Waals surface area contributed by atoms with E-state index in [9.17, 15) is 14.4 Å². The monoisotopic (exact) mass is 521 g/mol. The fourth-order valence-electron chi connectivity index (χ4n) is 6.22. The lowest BCUT2D eigenvalue weighted by Gasteiger charge is -2.36.